The van der Waals surface area contributed by atoms with E-state index in [4.69, 9.17) is 0 Å². The maximum absolute atomic E-state index is 2.50. The van der Waals surface area contributed by atoms with Crippen LogP contribution in [0.1, 0.15) is 80.1 Å². The Morgan fingerprint density at radius 3 is 2.31 bits per heavy atom. The van der Waals surface area contributed by atoms with E-state index in [2.05, 4.69) is 41.5 Å². The van der Waals surface area contributed by atoms with Gasteiger partial charge in [0.2, 0.25) is 0 Å². The molecule has 0 aromatic carbocycles. The molecule has 0 heteroatoms. The van der Waals surface area contributed by atoms with Gasteiger partial charge in [0.1, 0.15) is 0 Å². The molecule has 0 heterocycles. The predicted octanol–water partition coefficient (Wildman–Crippen LogP) is 5.67. The zero-order valence-electron chi connectivity index (χ0n) is 12.4. The predicted molar refractivity (Wildman–Crippen MR) is 73.6 cm³/mol. The highest BCUT2D eigenvalue weighted by atomic mass is 14.5. The van der Waals surface area contributed by atoms with Gasteiger partial charge in [-0.1, -0.05) is 60.8 Å². The van der Waals surface area contributed by atoms with E-state index in [9.17, 15) is 0 Å². The highest BCUT2D eigenvalue weighted by Crippen LogP contribution is 2.55. The molecule has 1 fully saturated rings. The van der Waals surface area contributed by atoms with Crippen LogP contribution >= 0.6 is 0 Å². The first-order valence-corrected chi connectivity index (χ1v) is 7.38. The average Bonchev–Trinajstić information content (AvgIpc) is 2.28. The summed E-state index contributed by atoms with van der Waals surface area (Å²) in [6, 6.07) is 0. The average molecular weight is 224 g/mol. The summed E-state index contributed by atoms with van der Waals surface area (Å²) in [5.41, 5.74) is 1.14. The van der Waals surface area contributed by atoms with Crippen LogP contribution in [0.3, 0.4) is 0 Å². The summed E-state index contributed by atoms with van der Waals surface area (Å²) in [6.07, 6.45) is 8.57. The van der Waals surface area contributed by atoms with Gasteiger partial charge in [-0.25, -0.2) is 0 Å². The second-order valence-corrected chi connectivity index (χ2v) is 6.97. The number of hydrogen-bond acceptors (Lipinski definition) is 0. The molecule has 16 heavy (non-hydrogen) atoms. The van der Waals surface area contributed by atoms with Crippen LogP contribution in [-0.4, -0.2) is 0 Å². The third kappa shape index (κ3) is 2.46. The van der Waals surface area contributed by atoms with Crippen molar-refractivity contribution in [3.8, 4) is 0 Å². The molecule has 2 unspecified atom stereocenters. The zero-order valence-corrected chi connectivity index (χ0v) is 12.4. The molecule has 96 valence electrons. The molecular weight excluding hydrogens is 192 g/mol. The van der Waals surface area contributed by atoms with Gasteiger partial charge in [0.15, 0.2) is 0 Å². The van der Waals surface area contributed by atoms with Crippen molar-refractivity contribution in [1.82, 2.24) is 0 Å². The van der Waals surface area contributed by atoms with Crippen molar-refractivity contribution < 1.29 is 0 Å². The molecular formula is C16H32. The molecule has 1 aliphatic carbocycles. The van der Waals surface area contributed by atoms with E-state index in [1.807, 2.05) is 0 Å². The highest BCUT2D eigenvalue weighted by Gasteiger charge is 2.45. The summed E-state index contributed by atoms with van der Waals surface area (Å²) in [7, 11) is 0. The Kier molecular flexibility index (Phi) is 4.49. The lowest BCUT2D eigenvalue weighted by Crippen LogP contribution is -2.42. The Morgan fingerprint density at radius 1 is 1.25 bits per heavy atom. The van der Waals surface area contributed by atoms with Crippen LogP contribution in [0.25, 0.3) is 0 Å². The van der Waals surface area contributed by atoms with Gasteiger partial charge < -0.3 is 0 Å². The highest BCUT2D eigenvalue weighted by molar-refractivity contribution is 4.95. The molecule has 0 saturated heterocycles. The lowest BCUT2D eigenvalue weighted by Gasteiger charge is -2.52. The van der Waals surface area contributed by atoms with E-state index in [-0.39, 0.29) is 0 Å². The zero-order chi connectivity index (χ0) is 12.4. The molecule has 0 N–H and O–H groups in total. The first-order valence-electron chi connectivity index (χ1n) is 7.38. The van der Waals surface area contributed by atoms with Crippen molar-refractivity contribution in [2.45, 2.75) is 80.1 Å². The Labute approximate surface area is 103 Å². The fraction of sp³-hybridized carbons (Fsp3) is 1.00. The molecule has 0 aromatic heterocycles. The monoisotopic (exact) mass is 224 g/mol. The molecule has 1 aliphatic rings. The topological polar surface area (TPSA) is 0 Å². The number of rotatable bonds is 4. The Bertz CT molecular complexity index is 214. The SMILES string of the molecule is CCC(C)(C)C1(CC)CCCC(C(C)C)C1. The van der Waals surface area contributed by atoms with Crippen molar-refractivity contribution in [1.29, 1.82) is 0 Å². The van der Waals surface area contributed by atoms with Gasteiger partial charge in [0.05, 0.1) is 0 Å². The lowest BCUT2D eigenvalue weighted by molar-refractivity contribution is -0.0148. The van der Waals surface area contributed by atoms with Crippen molar-refractivity contribution >= 4 is 0 Å². The summed E-state index contributed by atoms with van der Waals surface area (Å²) in [5, 5.41) is 0. The normalized spacial score (nSPS) is 32.1. The first kappa shape index (κ1) is 14.1. The van der Waals surface area contributed by atoms with Crippen molar-refractivity contribution in [3.05, 3.63) is 0 Å². The minimum atomic E-state index is 0.523. The van der Waals surface area contributed by atoms with Crippen LogP contribution in [-0.2, 0) is 0 Å². The molecule has 0 bridgehead atoms. The van der Waals surface area contributed by atoms with E-state index >= 15 is 0 Å². The molecule has 1 saturated carbocycles. The van der Waals surface area contributed by atoms with E-state index in [1.165, 1.54) is 38.5 Å². The smallest absolute Gasteiger partial charge is 0.0246 e. The van der Waals surface area contributed by atoms with Crippen molar-refractivity contribution in [2.24, 2.45) is 22.7 Å². The second-order valence-electron chi connectivity index (χ2n) is 6.97. The van der Waals surface area contributed by atoms with Crippen LogP contribution in [0.15, 0.2) is 0 Å². The molecule has 0 spiro atoms. The van der Waals surface area contributed by atoms with E-state index in [0.717, 1.165) is 11.8 Å². The van der Waals surface area contributed by atoms with Crippen LogP contribution in [0, 0.1) is 22.7 Å². The number of hydrogen-bond donors (Lipinski definition) is 0. The van der Waals surface area contributed by atoms with Crippen molar-refractivity contribution in [3.63, 3.8) is 0 Å². The van der Waals surface area contributed by atoms with Gasteiger partial charge in [0.25, 0.3) is 0 Å². The summed E-state index contributed by atoms with van der Waals surface area (Å²) < 4.78 is 0. The molecule has 0 nitrogen and oxygen atoms in total. The van der Waals surface area contributed by atoms with Gasteiger partial charge in [0, 0.05) is 0 Å². The van der Waals surface area contributed by atoms with Gasteiger partial charge in [-0.2, -0.15) is 0 Å². The maximum atomic E-state index is 2.50. The van der Waals surface area contributed by atoms with Gasteiger partial charge in [-0.3, -0.25) is 0 Å². The largest absolute Gasteiger partial charge is 0.0649 e. The lowest BCUT2D eigenvalue weighted by atomic mass is 9.53. The van der Waals surface area contributed by atoms with Crippen LogP contribution in [0.5, 0.6) is 0 Å². The summed E-state index contributed by atoms with van der Waals surface area (Å²) in [5.74, 6) is 1.85. The van der Waals surface area contributed by atoms with E-state index < -0.39 is 0 Å². The Hall–Kier alpha value is 0. The Morgan fingerprint density at radius 2 is 1.88 bits per heavy atom. The fourth-order valence-corrected chi connectivity index (χ4v) is 3.77. The van der Waals surface area contributed by atoms with Crippen LogP contribution in [0.4, 0.5) is 0 Å². The Balaban J connectivity index is 2.87. The molecule has 1 rings (SSSR count). The minimum absolute atomic E-state index is 0.523. The van der Waals surface area contributed by atoms with E-state index in [0.29, 0.717) is 10.8 Å². The molecule has 0 amide bonds. The minimum Gasteiger partial charge on any atom is -0.0649 e. The first-order chi connectivity index (χ1) is 7.38. The summed E-state index contributed by atoms with van der Waals surface area (Å²) >= 11 is 0. The molecule has 2 atom stereocenters. The van der Waals surface area contributed by atoms with Gasteiger partial charge in [-0.15, -0.1) is 0 Å². The van der Waals surface area contributed by atoms with Gasteiger partial charge >= 0.3 is 0 Å². The third-order valence-corrected chi connectivity index (χ3v) is 5.82. The summed E-state index contributed by atoms with van der Waals surface area (Å²) in [4.78, 5) is 0. The third-order valence-electron chi connectivity index (χ3n) is 5.82. The second kappa shape index (κ2) is 5.10. The molecule has 0 aromatic rings. The van der Waals surface area contributed by atoms with Crippen LogP contribution < -0.4 is 0 Å². The maximum Gasteiger partial charge on any atom is -0.0246 e. The molecule has 0 aliphatic heterocycles. The van der Waals surface area contributed by atoms with Gasteiger partial charge in [-0.05, 0) is 41.9 Å². The summed E-state index contributed by atoms with van der Waals surface area (Å²) in [6.45, 7) is 14.6. The quantitative estimate of drug-likeness (QED) is 0.577. The van der Waals surface area contributed by atoms with E-state index in [1.54, 1.807) is 0 Å². The van der Waals surface area contributed by atoms with Crippen molar-refractivity contribution in [2.75, 3.05) is 0 Å². The van der Waals surface area contributed by atoms with Crippen LogP contribution in [0.2, 0.25) is 0 Å². The molecule has 0 radical (unpaired) electrons. The fourth-order valence-electron chi connectivity index (χ4n) is 3.77. The standard InChI is InChI=1S/C16H32/c1-7-15(5,6)16(8-2)11-9-10-14(12-16)13(3)4/h13-14H,7-12H2,1-6H3.